The van der Waals surface area contributed by atoms with E-state index in [4.69, 9.17) is 0 Å². The third kappa shape index (κ3) is 4.85. The molecule has 0 saturated heterocycles. The van der Waals surface area contributed by atoms with Crippen molar-refractivity contribution in [2.75, 3.05) is 0 Å². The summed E-state index contributed by atoms with van der Waals surface area (Å²) in [6, 6.07) is 22.9. The molecule has 7 heteroatoms. The van der Waals surface area contributed by atoms with E-state index in [1.54, 1.807) is 18.3 Å². The van der Waals surface area contributed by atoms with Gasteiger partial charge in [0, 0.05) is 0 Å². The molecule has 138 valence electrons. The van der Waals surface area contributed by atoms with Crippen LogP contribution in [0.2, 0.25) is 0 Å². The van der Waals surface area contributed by atoms with Crippen molar-refractivity contribution in [1.29, 1.82) is 0 Å². The van der Waals surface area contributed by atoms with Crippen molar-refractivity contribution in [1.82, 2.24) is 0 Å². The number of hydrogen-bond donors (Lipinski definition) is 0. The third-order valence-electron chi connectivity index (χ3n) is 3.89. The average Bonchev–Trinajstić information content (AvgIpc) is 2.68. The van der Waals surface area contributed by atoms with Gasteiger partial charge in [-0.1, -0.05) is 0 Å². The van der Waals surface area contributed by atoms with Gasteiger partial charge in [-0.15, -0.1) is 0 Å². The molecule has 0 fully saturated rings. The van der Waals surface area contributed by atoms with Gasteiger partial charge in [0.2, 0.25) is 0 Å². The predicted molar refractivity (Wildman–Crippen MR) is 121 cm³/mol. The van der Waals surface area contributed by atoms with Crippen molar-refractivity contribution in [2.24, 2.45) is 4.99 Å². The molecule has 0 spiro atoms. The van der Waals surface area contributed by atoms with Crippen LogP contribution in [-0.2, 0) is 0 Å². The second kappa shape index (κ2) is 8.66. The van der Waals surface area contributed by atoms with Crippen LogP contribution in [0, 0.1) is 17.0 Å². The summed E-state index contributed by atoms with van der Waals surface area (Å²) < 4.78 is 2.42. The summed E-state index contributed by atoms with van der Waals surface area (Å²) in [5.41, 5.74) is 2.94. The van der Waals surface area contributed by atoms with Gasteiger partial charge in [0.15, 0.2) is 0 Å². The summed E-state index contributed by atoms with van der Waals surface area (Å²) in [6.07, 6.45) is 1.74. The standard InChI is InChI=1S/C20H16Br2N2O2Te/c1-15-7-12-19(23-14-16-8-10-17(11-9-16)24(25)26)20(13-15)27(21,22)18-5-3-2-4-6-18/h2-14H,1H3. The van der Waals surface area contributed by atoms with Gasteiger partial charge in [0.05, 0.1) is 0 Å². The van der Waals surface area contributed by atoms with Crippen LogP contribution < -0.4 is 7.22 Å². The minimum atomic E-state index is -2.90. The van der Waals surface area contributed by atoms with E-state index in [0.29, 0.717) is 0 Å². The molecule has 0 atom stereocenters. The topological polar surface area (TPSA) is 55.5 Å². The van der Waals surface area contributed by atoms with E-state index in [0.717, 1.165) is 11.3 Å². The Morgan fingerprint density at radius 3 is 2.30 bits per heavy atom. The van der Waals surface area contributed by atoms with Crippen LogP contribution in [0.15, 0.2) is 77.8 Å². The summed E-state index contributed by atoms with van der Waals surface area (Å²) in [6.45, 7) is 2.07. The summed E-state index contributed by atoms with van der Waals surface area (Å²) >= 11 is 5.09. The first-order valence-corrected chi connectivity index (χ1v) is 20.8. The number of aryl methyl sites for hydroxylation is 1. The van der Waals surface area contributed by atoms with Crippen LogP contribution >= 0.6 is 25.5 Å². The molecule has 0 heterocycles. The van der Waals surface area contributed by atoms with E-state index < -0.39 is 18.7 Å². The number of hydrogen-bond acceptors (Lipinski definition) is 3. The Balaban J connectivity index is 1.98. The zero-order valence-electron chi connectivity index (χ0n) is 14.4. The minimum absolute atomic E-state index is 0.0716. The zero-order valence-corrected chi connectivity index (χ0v) is 19.9. The van der Waals surface area contributed by atoms with Crippen LogP contribution in [-0.4, -0.2) is 24.9 Å². The van der Waals surface area contributed by atoms with Crippen LogP contribution in [0.1, 0.15) is 11.1 Å². The van der Waals surface area contributed by atoms with E-state index in [1.165, 1.54) is 24.9 Å². The van der Waals surface area contributed by atoms with Gasteiger partial charge in [-0.25, -0.2) is 0 Å². The Labute approximate surface area is 173 Å². The summed E-state index contributed by atoms with van der Waals surface area (Å²) in [4.78, 5) is 15.1. The van der Waals surface area contributed by atoms with Gasteiger partial charge in [-0.2, -0.15) is 0 Å². The quantitative estimate of drug-likeness (QED) is 0.179. The number of nitro benzene ring substituents is 1. The fraction of sp³-hybridized carbons (Fsp3) is 0.0500. The Morgan fingerprint density at radius 1 is 1.00 bits per heavy atom. The summed E-state index contributed by atoms with van der Waals surface area (Å²) in [5.74, 6) is 0. The van der Waals surface area contributed by atoms with E-state index in [-0.39, 0.29) is 5.69 Å². The molecule has 0 aliphatic heterocycles. The monoisotopic (exact) mass is 604 g/mol. The summed E-state index contributed by atoms with van der Waals surface area (Å²) in [5, 5.41) is 10.8. The van der Waals surface area contributed by atoms with Gasteiger partial charge < -0.3 is 0 Å². The molecule has 3 rings (SSSR count). The van der Waals surface area contributed by atoms with E-state index in [9.17, 15) is 10.1 Å². The van der Waals surface area contributed by atoms with Crippen LogP contribution in [0.4, 0.5) is 11.4 Å². The first-order valence-electron chi connectivity index (χ1n) is 8.05. The van der Waals surface area contributed by atoms with Gasteiger partial charge in [-0.05, 0) is 0 Å². The molecule has 0 radical (unpaired) electrons. The van der Waals surface area contributed by atoms with Gasteiger partial charge in [0.1, 0.15) is 0 Å². The number of nitrogens with zero attached hydrogens (tertiary/aromatic N) is 2. The molecule has 0 aromatic heterocycles. The molecular formula is C20H16Br2N2O2Te. The van der Waals surface area contributed by atoms with Crippen molar-refractivity contribution in [3.63, 3.8) is 0 Å². The van der Waals surface area contributed by atoms with Crippen molar-refractivity contribution >= 4 is 64.1 Å². The van der Waals surface area contributed by atoms with Gasteiger partial charge >= 0.3 is 175 Å². The molecule has 0 unspecified atom stereocenters. The maximum absolute atomic E-state index is 10.8. The molecule has 0 aliphatic rings. The summed E-state index contributed by atoms with van der Waals surface area (Å²) in [7, 11) is 0. The molecule has 0 amide bonds. The molecular weight excluding hydrogens is 588 g/mol. The Hall–Kier alpha value is -1.52. The normalized spacial score (nSPS) is 12.3. The fourth-order valence-electron chi connectivity index (χ4n) is 2.48. The Morgan fingerprint density at radius 2 is 1.67 bits per heavy atom. The van der Waals surface area contributed by atoms with Gasteiger partial charge in [0.25, 0.3) is 0 Å². The van der Waals surface area contributed by atoms with Crippen molar-refractivity contribution < 1.29 is 4.92 Å². The first-order chi connectivity index (χ1) is 12.9. The SMILES string of the molecule is Cc1ccc(N=Cc2ccc([N+](=O)[O-])cc2)c([Te](Br)(Br)c2ccccc2)c1. The molecule has 4 nitrogen and oxygen atoms in total. The molecule has 0 saturated carbocycles. The zero-order chi connectivity index (χ0) is 19.4. The second-order valence-corrected chi connectivity index (χ2v) is 30.0. The number of rotatable bonds is 5. The first kappa shape index (κ1) is 20.2. The molecule has 3 aromatic carbocycles. The molecule has 3 aromatic rings. The van der Waals surface area contributed by atoms with E-state index >= 15 is 0 Å². The van der Waals surface area contributed by atoms with Crippen LogP contribution in [0.5, 0.6) is 0 Å². The Kier molecular flexibility index (Phi) is 6.48. The molecule has 0 aliphatic carbocycles. The second-order valence-electron chi connectivity index (χ2n) is 5.86. The van der Waals surface area contributed by atoms with E-state index in [1.807, 2.05) is 30.3 Å². The van der Waals surface area contributed by atoms with Crippen LogP contribution in [0.25, 0.3) is 0 Å². The van der Waals surface area contributed by atoms with Crippen molar-refractivity contribution in [2.45, 2.75) is 6.92 Å². The number of halogens is 2. The van der Waals surface area contributed by atoms with Crippen molar-refractivity contribution in [3.05, 3.63) is 94.0 Å². The Bertz CT molecular complexity index is 991. The molecule has 0 bridgehead atoms. The number of aliphatic imine (C=N–C) groups is 1. The predicted octanol–water partition coefficient (Wildman–Crippen LogP) is 5.00. The average molecular weight is 604 g/mol. The molecule has 27 heavy (non-hydrogen) atoms. The molecule has 0 N–H and O–H groups in total. The van der Waals surface area contributed by atoms with Gasteiger partial charge in [-0.3, -0.25) is 0 Å². The van der Waals surface area contributed by atoms with Crippen LogP contribution in [0.3, 0.4) is 0 Å². The maximum atomic E-state index is 10.8. The van der Waals surface area contributed by atoms with Crippen molar-refractivity contribution in [3.8, 4) is 0 Å². The number of non-ortho nitro benzene ring substituents is 1. The number of benzene rings is 3. The third-order valence-corrected chi connectivity index (χ3v) is 18.6. The van der Waals surface area contributed by atoms with E-state index in [2.05, 4.69) is 55.6 Å². The number of nitro groups is 1. The fourth-order valence-corrected chi connectivity index (χ4v) is 13.0.